The Morgan fingerprint density at radius 2 is 1.72 bits per heavy atom. The lowest BCUT2D eigenvalue weighted by atomic mass is 10.1. The van der Waals surface area contributed by atoms with Gasteiger partial charge in [-0.1, -0.05) is 18.2 Å². The molecule has 168 valence electrons. The van der Waals surface area contributed by atoms with Gasteiger partial charge in [0.05, 0.1) is 20.3 Å². The van der Waals surface area contributed by atoms with Crippen molar-refractivity contribution in [3.63, 3.8) is 0 Å². The molecule has 0 bridgehead atoms. The molecule has 0 saturated heterocycles. The Morgan fingerprint density at radius 1 is 0.938 bits per heavy atom. The van der Waals surface area contributed by atoms with Crippen molar-refractivity contribution < 1.29 is 23.7 Å². The van der Waals surface area contributed by atoms with Crippen LogP contribution in [0.3, 0.4) is 0 Å². The fourth-order valence-corrected chi connectivity index (χ4v) is 3.03. The first-order valence-electron chi connectivity index (χ1n) is 10.4. The number of amides is 1. The average Bonchev–Trinajstić information content (AvgIpc) is 2.83. The van der Waals surface area contributed by atoms with E-state index in [0.717, 1.165) is 5.56 Å². The first-order chi connectivity index (χ1) is 15.6. The van der Waals surface area contributed by atoms with Gasteiger partial charge in [0.1, 0.15) is 13.2 Å². The quantitative estimate of drug-likeness (QED) is 0.448. The first-order valence-corrected chi connectivity index (χ1v) is 10.4. The van der Waals surface area contributed by atoms with Gasteiger partial charge in [-0.2, -0.15) is 0 Å². The third-order valence-corrected chi connectivity index (χ3v) is 4.71. The topological polar surface area (TPSA) is 70.1 Å². The van der Waals surface area contributed by atoms with Gasteiger partial charge in [-0.3, -0.25) is 9.78 Å². The Bertz CT molecular complexity index is 1010. The number of carbonyl (C=O) groups excluding carboxylic acids is 1. The number of nitrogens with zero attached hydrogens (tertiary/aromatic N) is 2. The Balaban J connectivity index is 1.61. The van der Waals surface area contributed by atoms with E-state index in [1.807, 2.05) is 43.3 Å². The molecule has 0 atom stereocenters. The van der Waals surface area contributed by atoms with E-state index in [1.54, 1.807) is 49.7 Å². The van der Waals surface area contributed by atoms with Gasteiger partial charge in [-0.15, -0.1) is 0 Å². The van der Waals surface area contributed by atoms with Gasteiger partial charge in [0.25, 0.3) is 5.91 Å². The second-order valence-corrected chi connectivity index (χ2v) is 6.97. The maximum atomic E-state index is 12.9. The van der Waals surface area contributed by atoms with E-state index in [1.165, 1.54) is 0 Å². The van der Waals surface area contributed by atoms with Gasteiger partial charge < -0.3 is 23.8 Å². The number of benzene rings is 2. The summed E-state index contributed by atoms with van der Waals surface area (Å²) >= 11 is 0. The van der Waals surface area contributed by atoms with Crippen LogP contribution in [0.15, 0.2) is 67.0 Å². The van der Waals surface area contributed by atoms with Crippen molar-refractivity contribution in [1.82, 2.24) is 9.88 Å². The fourth-order valence-electron chi connectivity index (χ4n) is 3.03. The predicted octanol–water partition coefficient (Wildman–Crippen LogP) is 4.22. The predicted molar refractivity (Wildman–Crippen MR) is 122 cm³/mol. The number of hydrogen-bond donors (Lipinski definition) is 0. The highest BCUT2D eigenvalue weighted by atomic mass is 16.5. The molecule has 0 unspecified atom stereocenters. The lowest BCUT2D eigenvalue weighted by molar-refractivity contribution is 0.0772. The van der Waals surface area contributed by atoms with Crippen molar-refractivity contribution in [2.24, 2.45) is 0 Å². The minimum atomic E-state index is -0.131. The second kappa shape index (κ2) is 11.6. The summed E-state index contributed by atoms with van der Waals surface area (Å²) in [6, 6.07) is 16.4. The van der Waals surface area contributed by atoms with E-state index >= 15 is 0 Å². The highest BCUT2D eigenvalue weighted by molar-refractivity contribution is 5.94. The van der Waals surface area contributed by atoms with Crippen LogP contribution in [0.1, 0.15) is 22.8 Å². The van der Waals surface area contributed by atoms with Crippen LogP contribution in [0.25, 0.3) is 0 Å². The van der Waals surface area contributed by atoms with Gasteiger partial charge in [-0.25, -0.2) is 0 Å². The summed E-state index contributed by atoms with van der Waals surface area (Å²) in [4.78, 5) is 18.6. The standard InChI is InChI=1S/C25H28N2O5/c1-4-30-24-16-20(11-12-23(24)32-18-19-8-7-13-26-17-19)25(28)27(2)14-15-31-22-10-6-5-9-21(22)29-3/h5-13,16-17H,4,14-15,18H2,1-3H3. The Morgan fingerprint density at radius 3 is 2.44 bits per heavy atom. The summed E-state index contributed by atoms with van der Waals surface area (Å²) < 4.78 is 22.6. The zero-order valence-electron chi connectivity index (χ0n) is 18.6. The maximum Gasteiger partial charge on any atom is 0.253 e. The summed E-state index contributed by atoms with van der Waals surface area (Å²) in [6.45, 7) is 3.47. The Kier molecular flexibility index (Phi) is 8.31. The molecule has 0 aliphatic rings. The molecule has 0 radical (unpaired) electrons. The molecule has 0 aliphatic carbocycles. The van der Waals surface area contributed by atoms with Gasteiger partial charge in [0, 0.05) is 30.6 Å². The molecule has 1 aromatic heterocycles. The largest absolute Gasteiger partial charge is 0.493 e. The first kappa shape index (κ1) is 22.9. The lowest BCUT2D eigenvalue weighted by Gasteiger charge is -2.19. The molecule has 3 aromatic rings. The second-order valence-electron chi connectivity index (χ2n) is 6.97. The molecule has 1 amide bonds. The number of para-hydroxylation sites is 2. The molecule has 2 aromatic carbocycles. The Labute approximate surface area is 188 Å². The molecule has 7 heteroatoms. The molecule has 1 heterocycles. The van der Waals surface area contributed by atoms with Crippen LogP contribution < -0.4 is 18.9 Å². The zero-order valence-corrected chi connectivity index (χ0v) is 18.6. The SMILES string of the molecule is CCOc1cc(C(=O)N(C)CCOc2ccccc2OC)ccc1OCc1cccnc1. The van der Waals surface area contributed by atoms with Crippen LogP contribution in [0.5, 0.6) is 23.0 Å². The van der Waals surface area contributed by atoms with Crippen LogP contribution in [0.2, 0.25) is 0 Å². The summed E-state index contributed by atoms with van der Waals surface area (Å²) in [6.07, 6.45) is 3.47. The lowest BCUT2D eigenvalue weighted by Crippen LogP contribution is -2.30. The van der Waals surface area contributed by atoms with Crippen molar-refractivity contribution in [3.8, 4) is 23.0 Å². The van der Waals surface area contributed by atoms with Gasteiger partial charge in [-0.05, 0) is 43.3 Å². The normalized spacial score (nSPS) is 10.3. The molecule has 0 N–H and O–H groups in total. The zero-order chi connectivity index (χ0) is 22.8. The number of hydrogen-bond acceptors (Lipinski definition) is 6. The number of pyridine rings is 1. The van der Waals surface area contributed by atoms with E-state index in [0.29, 0.717) is 54.9 Å². The van der Waals surface area contributed by atoms with Crippen molar-refractivity contribution >= 4 is 5.91 Å². The Hall–Kier alpha value is -3.74. The molecule has 0 saturated carbocycles. The third kappa shape index (κ3) is 6.14. The highest BCUT2D eigenvalue weighted by Gasteiger charge is 2.16. The minimum absolute atomic E-state index is 0.131. The molecule has 3 rings (SSSR count). The molecule has 0 fully saturated rings. The number of ether oxygens (including phenoxy) is 4. The van der Waals surface area contributed by atoms with E-state index in [4.69, 9.17) is 18.9 Å². The van der Waals surface area contributed by atoms with Gasteiger partial charge >= 0.3 is 0 Å². The van der Waals surface area contributed by atoms with Crippen molar-refractivity contribution in [2.45, 2.75) is 13.5 Å². The molecule has 7 nitrogen and oxygen atoms in total. The van der Waals surface area contributed by atoms with Gasteiger partial charge in [0.15, 0.2) is 23.0 Å². The third-order valence-electron chi connectivity index (χ3n) is 4.71. The maximum absolute atomic E-state index is 12.9. The van der Waals surface area contributed by atoms with E-state index in [2.05, 4.69) is 4.98 Å². The monoisotopic (exact) mass is 436 g/mol. The van der Waals surface area contributed by atoms with E-state index in [9.17, 15) is 4.79 Å². The van der Waals surface area contributed by atoms with Crippen molar-refractivity contribution in [3.05, 3.63) is 78.1 Å². The summed E-state index contributed by atoms with van der Waals surface area (Å²) in [7, 11) is 3.33. The number of carbonyl (C=O) groups is 1. The van der Waals surface area contributed by atoms with Crippen LogP contribution >= 0.6 is 0 Å². The van der Waals surface area contributed by atoms with Crippen LogP contribution in [0.4, 0.5) is 0 Å². The summed E-state index contributed by atoms with van der Waals surface area (Å²) in [5.74, 6) is 2.28. The van der Waals surface area contributed by atoms with E-state index in [-0.39, 0.29) is 5.91 Å². The van der Waals surface area contributed by atoms with Crippen molar-refractivity contribution in [1.29, 1.82) is 0 Å². The summed E-state index contributed by atoms with van der Waals surface area (Å²) in [5.41, 5.74) is 1.46. The number of methoxy groups -OCH3 is 1. The molecular formula is C25H28N2O5. The van der Waals surface area contributed by atoms with Crippen LogP contribution in [0, 0.1) is 0 Å². The summed E-state index contributed by atoms with van der Waals surface area (Å²) in [5, 5.41) is 0. The highest BCUT2D eigenvalue weighted by Crippen LogP contribution is 2.30. The van der Waals surface area contributed by atoms with E-state index < -0.39 is 0 Å². The van der Waals surface area contributed by atoms with Crippen molar-refractivity contribution in [2.75, 3.05) is 33.9 Å². The fraction of sp³-hybridized carbons (Fsp3) is 0.280. The minimum Gasteiger partial charge on any atom is -0.493 e. The van der Waals surface area contributed by atoms with Crippen LogP contribution in [-0.2, 0) is 6.61 Å². The molecule has 32 heavy (non-hydrogen) atoms. The molecule has 0 aliphatic heterocycles. The van der Waals surface area contributed by atoms with Gasteiger partial charge in [0.2, 0.25) is 0 Å². The molecular weight excluding hydrogens is 408 g/mol. The number of likely N-dealkylation sites (N-methyl/N-ethyl adjacent to an activating group) is 1. The molecule has 0 spiro atoms. The number of aromatic nitrogens is 1. The van der Waals surface area contributed by atoms with Crippen LogP contribution in [-0.4, -0.2) is 49.7 Å². The number of rotatable bonds is 11. The average molecular weight is 437 g/mol. The smallest absolute Gasteiger partial charge is 0.253 e.